The summed E-state index contributed by atoms with van der Waals surface area (Å²) in [5.74, 6) is -0.738. The van der Waals surface area contributed by atoms with Crippen LogP contribution in [0.15, 0.2) is 36.5 Å². The largest absolute Gasteiger partial charge is 0.480 e. The van der Waals surface area contributed by atoms with Crippen LogP contribution in [0.25, 0.3) is 11.3 Å². The molecule has 1 atom stereocenters. The number of nitrogens with one attached hydrogen (secondary N) is 1. The Morgan fingerprint density at radius 2 is 2.16 bits per heavy atom. The van der Waals surface area contributed by atoms with Crippen LogP contribution in [0, 0.1) is 6.92 Å². The smallest absolute Gasteiger partial charge is 0.328 e. The second kappa shape index (κ2) is 5.58. The molecule has 0 bridgehead atoms. The molecule has 0 saturated heterocycles. The van der Waals surface area contributed by atoms with Crippen molar-refractivity contribution in [1.29, 1.82) is 0 Å². The first-order valence-corrected chi connectivity index (χ1v) is 5.92. The summed E-state index contributed by atoms with van der Waals surface area (Å²) >= 11 is 0. The van der Waals surface area contributed by atoms with E-state index in [9.17, 15) is 4.79 Å². The van der Waals surface area contributed by atoms with Crippen molar-refractivity contribution >= 4 is 5.97 Å². The molecule has 0 radical (unpaired) electrons. The van der Waals surface area contributed by atoms with Crippen LogP contribution in [-0.4, -0.2) is 28.1 Å². The van der Waals surface area contributed by atoms with E-state index < -0.39 is 12.0 Å². The monoisotopic (exact) mass is 257 g/mol. The topological polar surface area (TPSA) is 75.1 Å². The van der Waals surface area contributed by atoms with Crippen LogP contribution in [0.5, 0.6) is 0 Å². The normalized spacial score (nSPS) is 12.1. The average molecular weight is 257 g/mol. The molecule has 2 N–H and O–H groups in total. The fourth-order valence-electron chi connectivity index (χ4n) is 1.84. The number of nitrogens with zero attached hydrogens (tertiary/aromatic N) is 2. The van der Waals surface area contributed by atoms with Crippen molar-refractivity contribution in [3.8, 4) is 11.3 Å². The summed E-state index contributed by atoms with van der Waals surface area (Å²) in [6.45, 7) is 2.00. The van der Waals surface area contributed by atoms with Crippen LogP contribution in [0.2, 0.25) is 0 Å². The third kappa shape index (κ3) is 2.95. The number of carboxylic acids is 1. The first-order valence-electron chi connectivity index (χ1n) is 5.92. The molecule has 1 unspecified atom stereocenters. The Balaban J connectivity index is 2.42. The number of rotatable bonds is 4. The van der Waals surface area contributed by atoms with Gasteiger partial charge >= 0.3 is 5.97 Å². The lowest BCUT2D eigenvalue weighted by Crippen LogP contribution is -2.27. The molecule has 1 aromatic heterocycles. The number of benzene rings is 1. The molecule has 5 heteroatoms. The zero-order valence-electron chi connectivity index (χ0n) is 10.8. The molecule has 2 aromatic rings. The third-order valence-electron chi connectivity index (χ3n) is 2.78. The van der Waals surface area contributed by atoms with Crippen LogP contribution in [0.3, 0.4) is 0 Å². The number of carbonyl (C=O) groups is 1. The van der Waals surface area contributed by atoms with Gasteiger partial charge in [0.2, 0.25) is 0 Å². The van der Waals surface area contributed by atoms with Gasteiger partial charge in [0.1, 0.15) is 0 Å². The van der Waals surface area contributed by atoms with Crippen LogP contribution < -0.4 is 5.32 Å². The summed E-state index contributed by atoms with van der Waals surface area (Å²) in [5.41, 5.74) is 2.79. The van der Waals surface area contributed by atoms with Crippen molar-refractivity contribution in [2.75, 3.05) is 7.05 Å². The molecule has 19 heavy (non-hydrogen) atoms. The van der Waals surface area contributed by atoms with Crippen molar-refractivity contribution in [2.24, 2.45) is 0 Å². The Kier molecular flexibility index (Phi) is 3.87. The highest BCUT2D eigenvalue weighted by Crippen LogP contribution is 2.19. The number of hydrogen-bond donors (Lipinski definition) is 2. The fourth-order valence-corrected chi connectivity index (χ4v) is 1.84. The Labute approximate surface area is 111 Å². The van der Waals surface area contributed by atoms with Gasteiger partial charge in [-0.2, -0.15) is 0 Å². The van der Waals surface area contributed by atoms with E-state index in [0.717, 1.165) is 16.8 Å². The maximum atomic E-state index is 11.1. The molecule has 5 nitrogen and oxygen atoms in total. The lowest BCUT2D eigenvalue weighted by atomic mass is 10.1. The number of carboxylic acid groups (broad SMARTS) is 1. The molecule has 1 aromatic carbocycles. The lowest BCUT2D eigenvalue weighted by molar-refractivity contribution is -0.139. The maximum Gasteiger partial charge on any atom is 0.328 e. The molecule has 0 saturated carbocycles. The molecule has 0 aliphatic carbocycles. The molecule has 98 valence electrons. The molecule has 0 fully saturated rings. The van der Waals surface area contributed by atoms with Gasteiger partial charge in [-0.15, -0.1) is 0 Å². The van der Waals surface area contributed by atoms with Crippen molar-refractivity contribution < 1.29 is 9.90 Å². The Bertz CT molecular complexity index is 599. The molecule has 1 heterocycles. The highest BCUT2D eigenvalue weighted by molar-refractivity contribution is 5.74. The number of aromatic nitrogens is 2. The summed E-state index contributed by atoms with van der Waals surface area (Å²) in [4.78, 5) is 19.4. The molecule has 0 aliphatic rings. The van der Waals surface area contributed by atoms with Gasteiger partial charge in [0.05, 0.1) is 5.69 Å². The molecular weight excluding hydrogens is 242 g/mol. The van der Waals surface area contributed by atoms with E-state index >= 15 is 0 Å². The summed E-state index contributed by atoms with van der Waals surface area (Å²) in [6.07, 6.45) is 1.58. The van der Waals surface area contributed by atoms with Gasteiger partial charge in [0.25, 0.3) is 0 Å². The van der Waals surface area contributed by atoms with Gasteiger partial charge in [-0.25, -0.2) is 9.97 Å². The van der Waals surface area contributed by atoms with Crippen LogP contribution in [0.1, 0.15) is 17.4 Å². The van der Waals surface area contributed by atoms with Gasteiger partial charge < -0.3 is 10.4 Å². The SMILES string of the molecule is CNC(C(=O)O)c1nccc(-c2cccc(C)c2)n1. The van der Waals surface area contributed by atoms with E-state index in [1.165, 1.54) is 0 Å². The van der Waals surface area contributed by atoms with Crippen LogP contribution in [-0.2, 0) is 4.79 Å². The van der Waals surface area contributed by atoms with E-state index in [-0.39, 0.29) is 5.82 Å². The quantitative estimate of drug-likeness (QED) is 0.873. The molecule has 0 spiro atoms. The zero-order valence-corrected chi connectivity index (χ0v) is 10.8. The zero-order chi connectivity index (χ0) is 13.8. The molecular formula is C14H15N3O2. The first-order chi connectivity index (χ1) is 9.11. The highest BCUT2D eigenvalue weighted by Gasteiger charge is 2.20. The average Bonchev–Trinajstić information content (AvgIpc) is 2.39. The van der Waals surface area contributed by atoms with Crippen LogP contribution >= 0.6 is 0 Å². The van der Waals surface area contributed by atoms with Crippen molar-refractivity contribution in [1.82, 2.24) is 15.3 Å². The highest BCUT2D eigenvalue weighted by atomic mass is 16.4. The Morgan fingerprint density at radius 1 is 1.37 bits per heavy atom. The van der Waals surface area contributed by atoms with Gasteiger partial charge in [-0.05, 0) is 26.1 Å². The summed E-state index contributed by atoms with van der Waals surface area (Å²) in [6, 6.07) is 8.76. The van der Waals surface area contributed by atoms with Gasteiger partial charge in [-0.3, -0.25) is 4.79 Å². The van der Waals surface area contributed by atoms with E-state index in [4.69, 9.17) is 5.11 Å². The second-order valence-electron chi connectivity index (χ2n) is 4.23. The van der Waals surface area contributed by atoms with Crippen molar-refractivity contribution in [2.45, 2.75) is 13.0 Å². The van der Waals surface area contributed by atoms with E-state index in [1.807, 2.05) is 31.2 Å². The maximum absolute atomic E-state index is 11.1. The number of likely N-dealkylation sites (N-methyl/N-ethyl adjacent to an activating group) is 1. The first kappa shape index (κ1) is 13.2. The fraction of sp³-hybridized carbons (Fsp3) is 0.214. The van der Waals surface area contributed by atoms with Gasteiger partial charge in [-0.1, -0.05) is 23.8 Å². The summed E-state index contributed by atoms with van der Waals surface area (Å²) < 4.78 is 0. The van der Waals surface area contributed by atoms with Crippen molar-refractivity contribution in [3.63, 3.8) is 0 Å². The van der Waals surface area contributed by atoms with E-state index in [2.05, 4.69) is 15.3 Å². The van der Waals surface area contributed by atoms with Gasteiger partial charge in [0.15, 0.2) is 11.9 Å². The summed E-state index contributed by atoms with van der Waals surface area (Å²) in [5, 5.41) is 11.8. The Morgan fingerprint density at radius 3 is 2.79 bits per heavy atom. The Hall–Kier alpha value is -2.27. The molecule has 0 aliphatic heterocycles. The minimum atomic E-state index is -0.996. The van der Waals surface area contributed by atoms with Crippen molar-refractivity contribution in [3.05, 3.63) is 47.9 Å². The number of aryl methyl sites for hydroxylation is 1. The van der Waals surface area contributed by atoms with E-state index in [0.29, 0.717) is 0 Å². The minimum Gasteiger partial charge on any atom is -0.480 e. The third-order valence-corrected chi connectivity index (χ3v) is 2.78. The minimum absolute atomic E-state index is 0.258. The lowest BCUT2D eigenvalue weighted by Gasteiger charge is -2.10. The van der Waals surface area contributed by atoms with Gasteiger partial charge in [0, 0.05) is 11.8 Å². The summed E-state index contributed by atoms with van der Waals surface area (Å²) in [7, 11) is 1.57. The van der Waals surface area contributed by atoms with Crippen LogP contribution in [0.4, 0.5) is 0 Å². The number of aliphatic carboxylic acids is 1. The molecule has 0 amide bonds. The standard InChI is InChI=1S/C14H15N3O2/c1-9-4-3-5-10(8-9)11-6-7-16-13(17-11)12(15-2)14(18)19/h3-8,12,15H,1-2H3,(H,18,19). The predicted molar refractivity (Wildman–Crippen MR) is 71.6 cm³/mol. The second-order valence-corrected chi connectivity index (χ2v) is 4.23. The number of hydrogen-bond acceptors (Lipinski definition) is 4. The van der Waals surface area contributed by atoms with E-state index in [1.54, 1.807) is 19.3 Å². The predicted octanol–water partition coefficient (Wildman–Crippen LogP) is 1.80. The molecule has 2 rings (SSSR count).